The van der Waals surface area contributed by atoms with Gasteiger partial charge in [0.05, 0.1) is 5.69 Å². The molecular weight excluding hydrogens is 478 g/mol. The number of aromatic nitrogens is 3. The summed E-state index contributed by atoms with van der Waals surface area (Å²) < 4.78 is 0. The van der Waals surface area contributed by atoms with Gasteiger partial charge in [-0.25, -0.2) is 9.97 Å². The van der Waals surface area contributed by atoms with Crippen LogP contribution >= 0.6 is 0 Å². The van der Waals surface area contributed by atoms with Gasteiger partial charge in [-0.15, -0.1) is 0 Å². The van der Waals surface area contributed by atoms with Crippen molar-refractivity contribution in [2.24, 2.45) is 0 Å². The minimum atomic E-state index is -0.263. The Hall–Kier alpha value is -4.63. The lowest BCUT2D eigenvalue weighted by atomic mass is 10.1. The fourth-order valence-corrected chi connectivity index (χ4v) is 3.82. The van der Waals surface area contributed by atoms with E-state index in [-0.39, 0.29) is 11.8 Å². The highest BCUT2D eigenvalue weighted by atomic mass is 16.2. The first-order valence-corrected chi connectivity index (χ1v) is 12.3. The van der Waals surface area contributed by atoms with Crippen molar-refractivity contribution in [1.29, 1.82) is 0 Å². The standard InChI is InChI=1S/C29H31N7O2/c1-20-17-24(11-12-25(20)34-29-31-15-13-26(35-29)22-8-5-14-30-19-22)33-28(38)21-7-4-9-23(18-21)32-27(37)10-6-16-36(2)3/h4-5,7-9,11-15,17-19H,6,10,16H2,1-3H3,(H,32,37)(H,33,38)(H,31,34,35). The van der Waals surface area contributed by atoms with Gasteiger partial charge in [0.2, 0.25) is 11.9 Å². The Balaban J connectivity index is 1.38. The molecule has 0 fully saturated rings. The summed E-state index contributed by atoms with van der Waals surface area (Å²) in [5.41, 5.74) is 5.11. The largest absolute Gasteiger partial charge is 0.326 e. The lowest BCUT2D eigenvalue weighted by Gasteiger charge is -2.12. The average molecular weight is 510 g/mol. The molecule has 9 nitrogen and oxygen atoms in total. The molecule has 0 saturated heterocycles. The van der Waals surface area contributed by atoms with E-state index in [4.69, 9.17) is 0 Å². The number of hydrogen-bond donors (Lipinski definition) is 3. The maximum atomic E-state index is 12.9. The first kappa shape index (κ1) is 26.4. The highest BCUT2D eigenvalue weighted by molar-refractivity contribution is 6.05. The van der Waals surface area contributed by atoms with Crippen LogP contribution in [-0.2, 0) is 4.79 Å². The van der Waals surface area contributed by atoms with Gasteiger partial charge < -0.3 is 20.9 Å². The van der Waals surface area contributed by atoms with Gasteiger partial charge in [-0.05, 0) is 94.1 Å². The van der Waals surface area contributed by atoms with Gasteiger partial charge in [-0.3, -0.25) is 14.6 Å². The Kier molecular flexibility index (Phi) is 8.73. The molecule has 0 aliphatic carbocycles. The molecule has 0 aliphatic rings. The normalized spacial score (nSPS) is 10.7. The van der Waals surface area contributed by atoms with Crippen molar-refractivity contribution in [3.63, 3.8) is 0 Å². The van der Waals surface area contributed by atoms with Crippen LogP contribution in [0.25, 0.3) is 11.3 Å². The quantitative estimate of drug-likeness (QED) is 0.272. The van der Waals surface area contributed by atoms with Crippen LogP contribution in [-0.4, -0.2) is 52.3 Å². The molecular formula is C29H31N7O2. The minimum absolute atomic E-state index is 0.0712. The summed E-state index contributed by atoms with van der Waals surface area (Å²) in [6.07, 6.45) is 6.36. The Morgan fingerprint density at radius 3 is 2.53 bits per heavy atom. The Labute approximate surface area is 222 Å². The van der Waals surface area contributed by atoms with Gasteiger partial charge in [0, 0.05) is 53.2 Å². The molecule has 2 amide bonds. The fraction of sp³-hybridized carbons (Fsp3) is 0.207. The molecule has 2 aromatic heterocycles. The number of aryl methyl sites for hydroxylation is 1. The maximum absolute atomic E-state index is 12.9. The van der Waals surface area contributed by atoms with E-state index in [9.17, 15) is 9.59 Å². The van der Waals surface area contributed by atoms with E-state index in [1.807, 2.05) is 62.3 Å². The van der Waals surface area contributed by atoms with Crippen LogP contribution < -0.4 is 16.0 Å². The second kappa shape index (κ2) is 12.6. The number of anilines is 4. The molecule has 4 rings (SSSR count). The summed E-state index contributed by atoms with van der Waals surface area (Å²) in [6.45, 7) is 2.78. The summed E-state index contributed by atoms with van der Waals surface area (Å²) in [6, 6.07) is 18.1. The predicted octanol–water partition coefficient (Wildman–Crippen LogP) is 5.12. The number of amides is 2. The van der Waals surface area contributed by atoms with E-state index < -0.39 is 0 Å². The van der Waals surface area contributed by atoms with E-state index in [1.165, 1.54) is 0 Å². The molecule has 9 heteroatoms. The molecule has 4 aromatic rings. The smallest absolute Gasteiger partial charge is 0.255 e. The maximum Gasteiger partial charge on any atom is 0.255 e. The van der Waals surface area contributed by atoms with Gasteiger partial charge >= 0.3 is 0 Å². The number of hydrogen-bond acceptors (Lipinski definition) is 7. The predicted molar refractivity (Wildman–Crippen MR) is 151 cm³/mol. The number of carbonyl (C=O) groups excluding carboxylic acids is 2. The number of nitrogens with zero attached hydrogens (tertiary/aromatic N) is 4. The Morgan fingerprint density at radius 1 is 0.921 bits per heavy atom. The lowest BCUT2D eigenvalue weighted by Crippen LogP contribution is -2.17. The van der Waals surface area contributed by atoms with Gasteiger partial charge in [-0.1, -0.05) is 6.07 Å². The van der Waals surface area contributed by atoms with E-state index in [1.54, 1.807) is 42.9 Å². The summed E-state index contributed by atoms with van der Waals surface area (Å²) in [4.78, 5) is 40.2. The summed E-state index contributed by atoms with van der Waals surface area (Å²) >= 11 is 0. The third-order valence-corrected chi connectivity index (χ3v) is 5.76. The van der Waals surface area contributed by atoms with E-state index >= 15 is 0 Å². The molecule has 0 aliphatic heterocycles. The van der Waals surface area contributed by atoms with Crippen LogP contribution in [0.2, 0.25) is 0 Å². The number of carbonyl (C=O) groups is 2. The third-order valence-electron chi connectivity index (χ3n) is 5.76. The molecule has 194 valence electrons. The highest BCUT2D eigenvalue weighted by Crippen LogP contribution is 2.24. The molecule has 0 atom stereocenters. The number of rotatable bonds is 10. The highest BCUT2D eigenvalue weighted by Gasteiger charge is 2.11. The van der Waals surface area contributed by atoms with E-state index in [0.717, 1.165) is 35.5 Å². The first-order valence-electron chi connectivity index (χ1n) is 12.3. The van der Waals surface area contributed by atoms with Gasteiger partial charge in [0.15, 0.2) is 0 Å². The zero-order valence-electron chi connectivity index (χ0n) is 21.7. The topological polar surface area (TPSA) is 112 Å². The third kappa shape index (κ3) is 7.44. The van der Waals surface area contributed by atoms with Crippen molar-refractivity contribution in [1.82, 2.24) is 19.9 Å². The first-order chi connectivity index (χ1) is 18.4. The van der Waals surface area contributed by atoms with Gasteiger partial charge in [0.1, 0.15) is 0 Å². The molecule has 0 radical (unpaired) electrons. The van der Waals surface area contributed by atoms with Gasteiger partial charge in [-0.2, -0.15) is 0 Å². The number of benzene rings is 2. The molecule has 38 heavy (non-hydrogen) atoms. The van der Waals surface area contributed by atoms with Crippen molar-refractivity contribution in [3.8, 4) is 11.3 Å². The fourth-order valence-electron chi connectivity index (χ4n) is 3.82. The SMILES string of the molecule is Cc1cc(NC(=O)c2cccc(NC(=O)CCCN(C)C)c2)ccc1Nc1nccc(-c2cccnc2)n1. The van der Waals surface area contributed by atoms with Crippen LogP contribution in [0.3, 0.4) is 0 Å². The molecule has 0 spiro atoms. The summed E-state index contributed by atoms with van der Waals surface area (Å²) in [7, 11) is 3.95. The van der Waals surface area contributed by atoms with Crippen molar-refractivity contribution < 1.29 is 9.59 Å². The Bertz CT molecular complexity index is 1410. The van der Waals surface area contributed by atoms with Gasteiger partial charge in [0.25, 0.3) is 5.91 Å². The Morgan fingerprint density at radius 2 is 1.76 bits per heavy atom. The molecule has 2 heterocycles. The summed E-state index contributed by atoms with van der Waals surface area (Å²) in [5.74, 6) is 0.131. The average Bonchev–Trinajstić information content (AvgIpc) is 2.91. The zero-order valence-corrected chi connectivity index (χ0v) is 21.7. The molecule has 3 N–H and O–H groups in total. The number of nitrogens with one attached hydrogen (secondary N) is 3. The second-order valence-electron chi connectivity index (χ2n) is 9.15. The zero-order chi connectivity index (χ0) is 26.9. The van der Waals surface area contributed by atoms with Crippen LogP contribution in [0, 0.1) is 6.92 Å². The minimum Gasteiger partial charge on any atom is -0.326 e. The molecule has 0 saturated carbocycles. The second-order valence-corrected chi connectivity index (χ2v) is 9.15. The van der Waals surface area contributed by atoms with Crippen molar-refractivity contribution in [2.75, 3.05) is 36.6 Å². The van der Waals surface area contributed by atoms with E-state index in [2.05, 4.69) is 30.9 Å². The monoisotopic (exact) mass is 509 g/mol. The number of pyridine rings is 1. The van der Waals surface area contributed by atoms with Crippen molar-refractivity contribution in [2.45, 2.75) is 19.8 Å². The van der Waals surface area contributed by atoms with Crippen molar-refractivity contribution >= 4 is 34.8 Å². The molecule has 0 bridgehead atoms. The molecule has 2 aromatic carbocycles. The van der Waals surface area contributed by atoms with E-state index in [0.29, 0.717) is 29.3 Å². The lowest BCUT2D eigenvalue weighted by molar-refractivity contribution is -0.116. The summed E-state index contributed by atoms with van der Waals surface area (Å²) in [5, 5.41) is 9.04. The van der Waals surface area contributed by atoms with Crippen molar-refractivity contribution in [3.05, 3.63) is 90.4 Å². The van der Waals surface area contributed by atoms with Crippen LogP contribution in [0.4, 0.5) is 23.0 Å². The van der Waals surface area contributed by atoms with Crippen LogP contribution in [0.15, 0.2) is 79.3 Å². The molecule has 0 unspecified atom stereocenters. The van der Waals surface area contributed by atoms with Crippen LogP contribution in [0.1, 0.15) is 28.8 Å². The van der Waals surface area contributed by atoms with Crippen LogP contribution in [0.5, 0.6) is 0 Å².